The third kappa shape index (κ3) is 2.45. The third-order valence-corrected chi connectivity index (χ3v) is 3.50. The number of pyridine rings is 1. The van der Waals surface area contributed by atoms with E-state index < -0.39 is 0 Å². The van der Waals surface area contributed by atoms with Gasteiger partial charge in [0.2, 0.25) is 0 Å². The number of methoxy groups -OCH3 is 1. The maximum Gasteiger partial charge on any atom is 0.123 e. The molecule has 3 rings (SSSR count). The Labute approximate surface area is 112 Å². The molecule has 0 bridgehead atoms. The van der Waals surface area contributed by atoms with Crippen LogP contribution in [0.15, 0.2) is 48.8 Å². The first kappa shape index (κ1) is 12.1. The Hall–Kier alpha value is -1.91. The van der Waals surface area contributed by atoms with Crippen LogP contribution in [0.25, 0.3) is 0 Å². The Bertz CT molecular complexity index is 544. The van der Waals surface area contributed by atoms with Gasteiger partial charge in [0.1, 0.15) is 5.75 Å². The molecule has 98 valence electrons. The van der Waals surface area contributed by atoms with Crippen molar-refractivity contribution in [2.24, 2.45) is 0 Å². The molecule has 0 amide bonds. The third-order valence-electron chi connectivity index (χ3n) is 3.50. The number of hydrogen-bond donors (Lipinski definition) is 2. The fourth-order valence-electron chi connectivity index (χ4n) is 2.52. The summed E-state index contributed by atoms with van der Waals surface area (Å²) in [4.78, 5) is 4.17. The molecule has 4 nitrogen and oxygen atoms in total. The van der Waals surface area contributed by atoms with Crippen LogP contribution < -0.4 is 15.6 Å². The van der Waals surface area contributed by atoms with Crippen molar-refractivity contribution in [1.82, 2.24) is 15.8 Å². The maximum atomic E-state index is 5.42. The van der Waals surface area contributed by atoms with Crippen LogP contribution in [0.1, 0.15) is 29.6 Å². The molecule has 4 heteroatoms. The number of para-hydroxylation sites is 1. The maximum absolute atomic E-state index is 5.42. The Morgan fingerprint density at radius 1 is 1.11 bits per heavy atom. The van der Waals surface area contributed by atoms with Gasteiger partial charge in [0, 0.05) is 24.0 Å². The summed E-state index contributed by atoms with van der Waals surface area (Å²) < 4.78 is 5.42. The summed E-state index contributed by atoms with van der Waals surface area (Å²) in [6.07, 6.45) is 4.68. The molecule has 2 atom stereocenters. The number of hydrazine groups is 1. The molecule has 2 N–H and O–H groups in total. The minimum Gasteiger partial charge on any atom is -0.496 e. The summed E-state index contributed by atoms with van der Waals surface area (Å²) in [5.74, 6) is 0.925. The van der Waals surface area contributed by atoms with Crippen LogP contribution in [0.2, 0.25) is 0 Å². The number of ether oxygens (including phenoxy) is 1. The summed E-state index contributed by atoms with van der Waals surface area (Å²) in [5, 5.41) is 0. The van der Waals surface area contributed by atoms with Crippen LogP contribution in [0.4, 0.5) is 0 Å². The first-order valence-electron chi connectivity index (χ1n) is 6.42. The van der Waals surface area contributed by atoms with Gasteiger partial charge in [-0.3, -0.25) is 4.98 Å². The zero-order chi connectivity index (χ0) is 13.1. The first-order chi connectivity index (χ1) is 9.38. The molecule has 1 saturated heterocycles. The van der Waals surface area contributed by atoms with E-state index in [1.807, 2.05) is 30.5 Å². The second-order valence-corrected chi connectivity index (χ2v) is 4.66. The van der Waals surface area contributed by atoms with Crippen molar-refractivity contribution in [2.45, 2.75) is 18.5 Å². The van der Waals surface area contributed by atoms with Gasteiger partial charge in [0.05, 0.1) is 13.2 Å². The van der Waals surface area contributed by atoms with Crippen molar-refractivity contribution in [1.29, 1.82) is 0 Å². The van der Waals surface area contributed by atoms with Crippen LogP contribution in [0, 0.1) is 0 Å². The molecule has 2 aromatic rings. The zero-order valence-corrected chi connectivity index (χ0v) is 10.8. The van der Waals surface area contributed by atoms with E-state index in [1.165, 1.54) is 11.1 Å². The predicted octanol–water partition coefficient (Wildman–Crippen LogP) is 2.37. The number of benzene rings is 1. The Kier molecular flexibility index (Phi) is 3.44. The van der Waals surface area contributed by atoms with Gasteiger partial charge in [0.15, 0.2) is 0 Å². The molecule has 2 unspecified atom stereocenters. The minimum absolute atomic E-state index is 0.251. The Morgan fingerprint density at radius 2 is 1.95 bits per heavy atom. The summed E-state index contributed by atoms with van der Waals surface area (Å²) in [6.45, 7) is 0. The number of rotatable bonds is 3. The second kappa shape index (κ2) is 5.38. The molecule has 1 aliphatic rings. The van der Waals surface area contributed by atoms with Gasteiger partial charge in [-0.05, 0) is 24.1 Å². The molecule has 2 heterocycles. The normalized spacial score (nSPS) is 22.4. The summed E-state index contributed by atoms with van der Waals surface area (Å²) in [5.41, 5.74) is 9.05. The molecule has 1 fully saturated rings. The lowest BCUT2D eigenvalue weighted by atomic mass is 9.98. The van der Waals surface area contributed by atoms with Gasteiger partial charge in [-0.2, -0.15) is 0 Å². The van der Waals surface area contributed by atoms with E-state index in [2.05, 4.69) is 28.0 Å². The van der Waals surface area contributed by atoms with Gasteiger partial charge in [-0.1, -0.05) is 24.3 Å². The number of nitrogens with one attached hydrogen (secondary N) is 2. The SMILES string of the molecule is COc1ccccc1C1CC(c2cccnc2)NN1. The van der Waals surface area contributed by atoms with Gasteiger partial charge in [-0.25, -0.2) is 10.9 Å². The smallest absolute Gasteiger partial charge is 0.123 e. The van der Waals surface area contributed by atoms with Crippen molar-refractivity contribution >= 4 is 0 Å². The van der Waals surface area contributed by atoms with Crippen LogP contribution in [-0.4, -0.2) is 12.1 Å². The van der Waals surface area contributed by atoms with Gasteiger partial charge < -0.3 is 4.74 Å². The van der Waals surface area contributed by atoms with E-state index in [-0.39, 0.29) is 12.1 Å². The molecule has 1 aromatic heterocycles. The molecule has 0 aliphatic carbocycles. The van der Waals surface area contributed by atoms with E-state index >= 15 is 0 Å². The number of nitrogens with zero attached hydrogens (tertiary/aromatic N) is 1. The Balaban J connectivity index is 1.79. The lowest BCUT2D eigenvalue weighted by molar-refractivity contribution is 0.402. The van der Waals surface area contributed by atoms with Crippen molar-refractivity contribution < 1.29 is 4.74 Å². The van der Waals surface area contributed by atoms with Crippen LogP contribution in [-0.2, 0) is 0 Å². The van der Waals surface area contributed by atoms with E-state index in [0.29, 0.717) is 0 Å². The van der Waals surface area contributed by atoms with Crippen molar-refractivity contribution in [2.75, 3.05) is 7.11 Å². The number of hydrogen-bond acceptors (Lipinski definition) is 4. The molecular formula is C15H17N3O. The van der Waals surface area contributed by atoms with Crippen LogP contribution in [0.5, 0.6) is 5.75 Å². The van der Waals surface area contributed by atoms with E-state index in [1.54, 1.807) is 13.3 Å². The fraction of sp³-hybridized carbons (Fsp3) is 0.267. The molecule has 1 aliphatic heterocycles. The summed E-state index contributed by atoms with van der Waals surface area (Å²) in [6, 6.07) is 12.7. The van der Waals surface area contributed by atoms with Crippen molar-refractivity contribution in [3.8, 4) is 5.75 Å². The topological polar surface area (TPSA) is 46.2 Å². The molecule has 1 aromatic carbocycles. The van der Waals surface area contributed by atoms with Crippen LogP contribution >= 0.6 is 0 Å². The van der Waals surface area contributed by atoms with E-state index in [9.17, 15) is 0 Å². The standard InChI is InChI=1S/C15H17N3O/c1-19-15-7-3-2-6-12(15)14-9-13(17-18-14)11-5-4-8-16-10-11/h2-8,10,13-14,17-18H,9H2,1H3. The van der Waals surface area contributed by atoms with Crippen LogP contribution in [0.3, 0.4) is 0 Å². The first-order valence-corrected chi connectivity index (χ1v) is 6.42. The lowest BCUT2D eigenvalue weighted by Gasteiger charge is -2.13. The average Bonchev–Trinajstić information content (AvgIpc) is 2.98. The molecule has 0 spiro atoms. The molecule has 19 heavy (non-hydrogen) atoms. The fourth-order valence-corrected chi connectivity index (χ4v) is 2.52. The summed E-state index contributed by atoms with van der Waals surface area (Å²) in [7, 11) is 1.71. The summed E-state index contributed by atoms with van der Waals surface area (Å²) >= 11 is 0. The van der Waals surface area contributed by atoms with Gasteiger partial charge in [-0.15, -0.1) is 0 Å². The van der Waals surface area contributed by atoms with Crippen molar-refractivity contribution in [3.05, 3.63) is 59.9 Å². The largest absolute Gasteiger partial charge is 0.496 e. The molecule has 0 saturated carbocycles. The molecule has 0 radical (unpaired) electrons. The van der Waals surface area contributed by atoms with E-state index in [0.717, 1.165) is 12.2 Å². The number of aromatic nitrogens is 1. The monoisotopic (exact) mass is 255 g/mol. The highest BCUT2D eigenvalue weighted by Gasteiger charge is 2.27. The average molecular weight is 255 g/mol. The van der Waals surface area contributed by atoms with Gasteiger partial charge >= 0.3 is 0 Å². The highest BCUT2D eigenvalue weighted by molar-refractivity contribution is 5.36. The second-order valence-electron chi connectivity index (χ2n) is 4.66. The highest BCUT2D eigenvalue weighted by atomic mass is 16.5. The molecular weight excluding hydrogens is 238 g/mol. The Morgan fingerprint density at radius 3 is 2.74 bits per heavy atom. The lowest BCUT2D eigenvalue weighted by Crippen LogP contribution is -2.26. The zero-order valence-electron chi connectivity index (χ0n) is 10.8. The van der Waals surface area contributed by atoms with Gasteiger partial charge in [0.25, 0.3) is 0 Å². The minimum atomic E-state index is 0.251. The highest BCUT2D eigenvalue weighted by Crippen LogP contribution is 2.34. The predicted molar refractivity (Wildman–Crippen MR) is 73.6 cm³/mol. The van der Waals surface area contributed by atoms with E-state index in [4.69, 9.17) is 4.74 Å². The van der Waals surface area contributed by atoms with Crippen molar-refractivity contribution in [3.63, 3.8) is 0 Å². The quantitative estimate of drug-likeness (QED) is 0.884.